The van der Waals surface area contributed by atoms with E-state index in [0.717, 1.165) is 18.9 Å². The number of morpholine rings is 1. The number of carbonyl (C=O) groups is 2. The number of carbonyl (C=O) groups excluding carboxylic acids is 2. The zero-order valence-electron chi connectivity index (χ0n) is 17.5. The molecule has 170 valence electrons. The second kappa shape index (κ2) is 9.20. The van der Waals surface area contributed by atoms with E-state index >= 15 is 0 Å². The van der Waals surface area contributed by atoms with Crippen molar-refractivity contribution in [1.29, 1.82) is 0 Å². The lowest BCUT2D eigenvalue weighted by Gasteiger charge is -2.29. The minimum atomic E-state index is -4.62. The predicted octanol–water partition coefficient (Wildman–Crippen LogP) is 4.31. The first-order valence-corrected chi connectivity index (χ1v) is 10.6. The van der Waals surface area contributed by atoms with E-state index in [4.69, 9.17) is 4.74 Å². The summed E-state index contributed by atoms with van der Waals surface area (Å²) in [6.45, 7) is 2.55. The monoisotopic (exact) mass is 447 g/mol. The van der Waals surface area contributed by atoms with Crippen LogP contribution in [0, 0.1) is 0 Å². The number of halogens is 3. The minimum absolute atomic E-state index is 0.0311. The van der Waals surface area contributed by atoms with Crippen LogP contribution in [-0.2, 0) is 15.7 Å². The van der Waals surface area contributed by atoms with Crippen molar-refractivity contribution in [2.24, 2.45) is 0 Å². The molecule has 6 nitrogen and oxygen atoms in total. The van der Waals surface area contributed by atoms with E-state index in [9.17, 15) is 22.8 Å². The molecule has 0 spiro atoms. The third-order valence-electron chi connectivity index (χ3n) is 5.70. The molecule has 2 aromatic rings. The Bertz CT molecular complexity index is 986. The molecule has 2 aliphatic heterocycles. The van der Waals surface area contributed by atoms with Crippen LogP contribution in [0.25, 0.3) is 0 Å². The molecule has 0 saturated carbocycles. The molecule has 32 heavy (non-hydrogen) atoms. The number of nitrogens with one attached hydrogen (secondary N) is 1. The third-order valence-corrected chi connectivity index (χ3v) is 5.70. The van der Waals surface area contributed by atoms with E-state index in [1.54, 1.807) is 23.1 Å². The van der Waals surface area contributed by atoms with Crippen LogP contribution in [0.5, 0.6) is 0 Å². The molecule has 2 aromatic carbocycles. The number of hydrogen-bond acceptors (Lipinski definition) is 4. The van der Waals surface area contributed by atoms with E-state index in [1.807, 2.05) is 4.90 Å². The first kappa shape index (κ1) is 22.1. The van der Waals surface area contributed by atoms with Gasteiger partial charge in [-0.1, -0.05) is 0 Å². The van der Waals surface area contributed by atoms with Crippen molar-refractivity contribution in [1.82, 2.24) is 0 Å². The number of piperidine rings is 1. The summed E-state index contributed by atoms with van der Waals surface area (Å²) in [5, 5.41) is 2.39. The van der Waals surface area contributed by atoms with Crippen molar-refractivity contribution in [3.8, 4) is 0 Å². The van der Waals surface area contributed by atoms with Crippen molar-refractivity contribution in [2.45, 2.75) is 25.4 Å². The Balaban J connectivity index is 1.52. The van der Waals surface area contributed by atoms with Crippen molar-refractivity contribution < 1.29 is 27.5 Å². The van der Waals surface area contributed by atoms with E-state index in [2.05, 4.69) is 5.32 Å². The number of hydrogen-bond donors (Lipinski definition) is 1. The Morgan fingerprint density at radius 1 is 0.938 bits per heavy atom. The van der Waals surface area contributed by atoms with Crippen molar-refractivity contribution in [3.63, 3.8) is 0 Å². The fourth-order valence-corrected chi connectivity index (χ4v) is 3.96. The van der Waals surface area contributed by atoms with Gasteiger partial charge in [0, 0.05) is 43.0 Å². The van der Waals surface area contributed by atoms with Crippen LogP contribution < -0.4 is 15.1 Å². The minimum Gasteiger partial charge on any atom is -0.378 e. The highest BCUT2D eigenvalue weighted by Gasteiger charge is 2.35. The number of nitrogens with zero attached hydrogens (tertiary/aromatic N) is 2. The molecule has 0 radical (unpaired) electrons. The molecule has 0 unspecified atom stereocenters. The normalized spacial score (nSPS) is 17.4. The fraction of sp³-hybridized carbons (Fsp3) is 0.391. The molecular weight excluding hydrogens is 423 g/mol. The maximum absolute atomic E-state index is 13.7. The predicted molar refractivity (Wildman–Crippen MR) is 115 cm³/mol. The summed E-state index contributed by atoms with van der Waals surface area (Å²) in [4.78, 5) is 28.2. The first-order chi connectivity index (χ1) is 15.3. The quantitative estimate of drug-likeness (QED) is 0.759. The zero-order valence-corrected chi connectivity index (χ0v) is 17.5. The van der Waals surface area contributed by atoms with Gasteiger partial charge in [-0.25, -0.2) is 0 Å². The number of benzene rings is 2. The van der Waals surface area contributed by atoms with Gasteiger partial charge in [-0.15, -0.1) is 0 Å². The molecule has 2 fully saturated rings. The van der Waals surface area contributed by atoms with Gasteiger partial charge in [0.15, 0.2) is 0 Å². The summed E-state index contributed by atoms with van der Waals surface area (Å²) < 4.78 is 46.4. The van der Waals surface area contributed by atoms with Crippen molar-refractivity contribution >= 4 is 28.9 Å². The van der Waals surface area contributed by atoms with Gasteiger partial charge >= 0.3 is 6.18 Å². The molecule has 0 bridgehead atoms. The van der Waals surface area contributed by atoms with Crippen LogP contribution in [0.4, 0.5) is 30.2 Å². The van der Waals surface area contributed by atoms with Gasteiger partial charge in [0.25, 0.3) is 5.91 Å². The Labute approximate surface area is 183 Å². The first-order valence-electron chi connectivity index (χ1n) is 10.6. The van der Waals surface area contributed by atoms with Crippen LogP contribution in [0.2, 0.25) is 0 Å². The van der Waals surface area contributed by atoms with E-state index in [-0.39, 0.29) is 17.2 Å². The lowest BCUT2D eigenvalue weighted by molar-refractivity contribution is -0.136. The SMILES string of the molecule is O=C(Nc1ccc(N2CCOCC2)cc1C(F)(F)F)c1ccc(N2CCCCC2=O)cc1. The number of rotatable bonds is 4. The van der Waals surface area contributed by atoms with Gasteiger partial charge in [-0.2, -0.15) is 13.2 Å². The largest absolute Gasteiger partial charge is 0.418 e. The molecule has 2 aliphatic rings. The van der Waals surface area contributed by atoms with E-state index in [1.165, 1.54) is 18.2 Å². The number of anilines is 3. The highest BCUT2D eigenvalue weighted by molar-refractivity contribution is 6.05. The highest BCUT2D eigenvalue weighted by atomic mass is 19.4. The standard InChI is InChI=1S/C23H24F3N3O3/c24-23(25,26)19-15-18(28-11-13-32-14-12-28)8-9-20(19)27-22(31)16-4-6-17(7-5-16)29-10-2-1-3-21(29)30/h4-9,15H,1-3,10-14H2,(H,27,31). The maximum Gasteiger partial charge on any atom is 0.418 e. The second-order valence-corrected chi connectivity index (χ2v) is 7.83. The molecule has 2 amide bonds. The summed E-state index contributed by atoms with van der Waals surface area (Å²) in [5.74, 6) is -0.616. The Morgan fingerprint density at radius 3 is 2.28 bits per heavy atom. The summed E-state index contributed by atoms with van der Waals surface area (Å²) in [5.41, 5.74) is 0.134. The summed E-state index contributed by atoms with van der Waals surface area (Å²) >= 11 is 0. The Morgan fingerprint density at radius 2 is 1.62 bits per heavy atom. The summed E-state index contributed by atoms with van der Waals surface area (Å²) in [6, 6.07) is 10.2. The Kier molecular flexibility index (Phi) is 6.36. The average Bonchev–Trinajstić information content (AvgIpc) is 2.79. The molecule has 2 heterocycles. The van der Waals surface area contributed by atoms with Crippen LogP contribution in [0.3, 0.4) is 0 Å². The van der Waals surface area contributed by atoms with Gasteiger partial charge in [0.2, 0.25) is 5.91 Å². The molecule has 0 atom stereocenters. The molecule has 4 rings (SSSR count). The third kappa shape index (κ3) is 4.88. The highest BCUT2D eigenvalue weighted by Crippen LogP contribution is 2.37. The summed E-state index contributed by atoms with van der Waals surface area (Å²) in [6.07, 6.45) is -2.36. The molecule has 0 aliphatic carbocycles. The zero-order chi connectivity index (χ0) is 22.7. The summed E-state index contributed by atoms with van der Waals surface area (Å²) in [7, 11) is 0. The lowest BCUT2D eigenvalue weighted by Crippen LogP contribution is -2.36. The molecule has 9 heteroatoms. The molecular formula is C23H24F3N3O3. The van der Waals surface area contributed by atoms with E-state index in [0.29, 0.717) is 50.6 Å². The average molecular weight is 447 g/mol. The van der Waals surface area contributed by atoms with Gasteiger partial charge in [0.05, 0.1) is 24.5 Å². The van der Waals surface area contributed by atoms with Crippen molar-refractivity contribution in [3.05, 3.63) is 53.6 Å². The van der Waals surface area contributed by atoms with Crippen molar-refractivity contribution in [2.75, 3.05) is 48.0 Å². The van der Waals surface area contributed by atoms with Crippen LogP contribution in [-0.4, -0.2) is 44.7 Å². The molecule has 2 saturated heterocycles. The Hall–Kier alpha value is -3.07. The van der Waals surface area contributed by atoms with Crippen LogP contribution >= 0.6 is 0 Å². The molecule has 1 N–H and O–H groups in total. The van der Waals surface area contributed by atoms with Gasteiger partial charge in [0.1, 0.15) is 0 Å². The maximum atomic E-state index is 13.7. The fourth-order valence-electron chi connectivity index (χ4n) is 3.96. The van der Waals surface area contributed by atoms with Gasteiger partial charge in [-0.05, 0) is 55.3 Å². The van der Waals surface area contributed by atoms with Crippen LogP contribution in [0.15, 0.2) is 42.5 Å². The number of alkyl halides is 3. The lowest BCUT2D eigenvalue weighted by atomic mass is 10.1. The van der Waals surface area contributed by atoms with Gasteiger partial charge in [-0.3, -0.25) is 9.59 Å². The van der Waals surface area contributed by atoms with E-state index < -0.39 is 17.6 Å². The van der Waals surface area contributed by atoms with Gasteiger partial charge < -0.3 is 19.9 Å². The molecule has 0 aromatic heterocycles. The topological polar surface area (TPSA) is 61.9 Å². The second-order valence-electron chi connectivity index (χ2n) is 7.83. The number of amides is 2. The van der Waals surface area contributed by atoms with Crippen LogP contribution in [0.1, 0.15) is 35.2 Å². The number of ether oxygens (including phenoxy) is 1. The smallest absolute Gasteiger partial charge is 0.378 e.